The number of hydrogen-bond donors (Lipinski definition) is 3. The highest BCUT2D eigenvalue weighted by molar-refractivity contribution is 6.30. The van der Waals surface area contributed by atoms with E-state index in [1.807, 2.05) is 24.3 Å². The lowest BCUT2D eigenvalue weighted by atomic mass is 9.92. The summed E-state index contributed by atoms with van der Waals surface area (Å²) >= 11 is 5.97. The quantitative estimate of drug-likeness (QED) is 0.421. The lowest BCUT2D eigenvalue weighted by Gasteiger charge is -2.33. The van der Waals surface area contributed by atoms with Crippen LogP contribution in [0, 0.1) is 12.8 Å². The number of aromatic hydroxyl groups is 1. The monoisotopic (exact) mass is 508 g/mol. The van der Waals surface area contributed by atoms with Gasteiger partial charge in [-0.2, -0.15) is 0 Å². The SMILES string of the molecule is Cc1nc(CC2CCN(c3ccc(Cc4ccc(Cl)cc4)cc3)CC2)nc(C(=O)NCC(=O)O)c1O. The summed E-state index contributed by atoms with van der Waals surface area (Å²) in [6.45, 7) is 2.87. The molecule has 9 heteroatoms. The van der Waals surface area contributed by atoms with Crippen LogP contribution in [0.3, 0.4) is 0 Å². The third kappa shape index (κ3) is 6.51. The predicted octanol–water partition coefficient (Wildman–Crippen LogP) is 4.01. The molecule has 0 atom stereocenters. The van der Waals surface area contributed by atoms with E-state index >= 15 is 0 Å². The van der Waals surface area contributed by atoms with Crippen LogP contribution in [0.5, 0.6) is 5.75 Å². The number of carboxylic acids is 1. The minimum Gasteiger partial charge on any atom is -0.504 e. The van der Waals surface area contributed by atoms with Crippen molar-refractivity contribution in [3.63, 3.8) is 0 Å². The molecule has 8 nitrogen and oxygen atoms in total. The Morgan fingerprint density at radius 3 is 2.25 bits per heavy atom. The number of nitrogens with one attached hydrogen (secondary N) is 1. The molecule has 1 fully saturated rings. The van der Waals surface area contributed by atoms with Crippen molar-refractivity contribution in [2.24, 2.45) is 5.92 Å². The summed E-state index contributed by atoms with van der Waals surface area (Å²) in [5.74, 6) is -1.39. The molecule has 1 saturated heterocycles. The first-order valence-electron chi connectivity index (χ1n) is 11.9. The summed E-state index contributed by atoms with van der Waals surface area (Å²) in [5, 5.41) is 21.9. The van der Waals surface area contributed by atoms with E-state index in [2.05, 4.69) is 44.5 Å². The fourth-order valence-corrected chi connectivity index (χ4v) is 4.56. The number of nitrogens with zero attached hydrogens (tertiary/aromatic N) is 3. The van der Waals surface area contributed by atoms with Gasteiger partial charge in [0.2, 0.25) is 0 Å². The first kappa shape index (κ1) is 25.4. The first-order valence-corrected chi connectivity index (χ1v) is 12.3. The number of carboxylic acid groups (broad SMARTS) is 1. The molecule has 2 heterocycles. The molecular formula is C27H29ClN4O4. The molecule has 2 aromatic carbocycles. The average molecular weight is 509 g/mol. The fourth-order valence-electron chi connectivity index (χ4n) is 4.43. The second-order valence-electron chi connectivity index (χ2n) is 9.10. The largest absolute Gasteiger partial charge is 0.504 e. The van der Waals surface area contributed by atoms with Crippen molar-refractivity contribution in [3.8, 4) is 5.75 Å². The fraction of sp³-hybridized carbons (Fsp3) is 0.333. The normalized spacial score (nSPS) is 14.0. The van der Waals surface area contributed by atoms with E-state index in [0.717, 1.165) is 37.4 Å². The van der Waals surface area contributed by atoms with Crippen molar-refractivity contribution in [1.29, 1.82) is 0 Å². The third-order valence-electron chi connectivity index (χ3n) is 6.43. The summed E-state index contributed by atoms with van der Waals surface area (Å²) in [7, 11) is 0. The zero-order valence-corrected chi connectivity index (χ0v) is 20.8. The summed E-state index contributed by atoms with van der Waals surface area (Å²) in [6.07, 6.45) is 3.36. The summed E-state index contributed by atoms with van der Waals surface area (Å²) in [4.78, 5) is 34.0. The van der Waals surface area contributed by atoms with Crippen molar-refractivity contribution in [2.45, 2.75) is 32.6 Å². The van der Waals surface area contributed by atoms with Crippen LogP contribution in [0.1, 0.15) is 46.0 Å². The van der Waals surface area contributed by atoms with Gasteiger partial charge < -0.3 is 20.4 Å². The number of piperidine rings is 1. The molecular weight excluding hydrogens is 480 g/mol. The number of benzene rings is 2. The summed E-state index contributed by atoms with van der Waals surface area (Å²) < 4.78 is 0. The van der Waals surface area contributed by atoms with Crippen LogP contribution in [0.25, 0.3) is 0 Å². The number of aromatic nitrogens is 2. The molecule has 0 saturated carbocycles. The molecule has 0 spiro atoms. The second-order valence-corrected chi connectivity index (χ2v) is 9.54. The van der Waals surface area contributed by atoms with E-state index in [1.54, 1.807) is 6.92 Å². The smallest absolute Gasteiger partial charge is 0.322 e. The van der Waals surface area contributed by atoms with Gasteiger partial charge in [-0.1, -0.05) is 35.9 Å². The number of hydrogen-bond acceptors (Lipinski definition) is 6. The Balaban J connectivity index is 1.33. The zero-order valence-electron chi connectivity index (χ0n) is 20.1. The van der Waals surface area contributed by atoms with Gasteiger partial charge in [0, 0.05) is 30.2 Å². The van der Waals surface area contributed by atoms with Gasteiger partial charge >= 0.3 is 5.97 Å². The van der Waals surface area contributed by atoms with E-state index in [9.17, 15) is 14.7 Å². The average Bonchev–Trinajstić information content (AvgIpc) is 2.87. The standard InChI is InChI=1S/C27H29ClN4O4/c1-17-26(35)25(27(36)29-16-24(33)34)31-23(30-17)15-20-10-12-32(13-11-20)22-8-4-19(5-9-22)14-18-2-6-21(28)7-3-18/h2-9,20,35H,10-16H2,1H3,(H,29,36)(H,33,34). The Bertz CT molecular complexity index is 1220. The summed E-state index contributed by atoms with van der Waals surface area (Å²) in [5.41, 5.74) is 3.79. The number of carbonyl (C=O) groups excluding carboxylic acids is 1. The molecule has 1 aromatic heterocycles. The molecule has 1 aliphatic rings. The van der Waals surface area contributed by atoms with Crippen LogP contribution < -0.4 is 10.2 Å². The molecule has 3 aromatic rings. The topological polar surface area (TPSA) is 116 Å². The van der Waals surface area contributed by atoms with Gasteiger partial charge in [0.1, 0.15) is 12.4 Å². The Hall–Kier alpha value is -3.65. The van der Waals surface area contributed by atoms with Gasteiger partial charge in [-0.25, -0.2) is 9.97 Å². The van der Waals surface area contributed by atoms with E-state index in [0.29, 0.717) is 23.9 Å². The molecule has 0 radical (unpaired) electrons. The molecule has 1 aliphatic heterocycles. The Kier molecular flexibility index (Phi) is 8.05. The van der Waals surface area contributed by atoms with Crippen molar-refractivity contribution >= 4 is 29.2 Å². The molecule has 3 N–H and O–H groups in total. The first-order chi connectivity index (χ1) is 17.3. The minimum absolute atomic E-state index is 0.185. The number of carbonyl (C=O) groups is 2. The van der Waals surface area contributed by atoms with Crippen molar-refractivity contribution in [3.05, 3.63) is 81.9 Å². The van der Waals surface area contributed by atoms with Gasteiger partial charge in [-0.3, -0.25) is 9.59 Å². The Morgan fingerprint density at radius 1 is 1.03 bits per heavy atom. The molecule has 4 rings (SSSR count). The highest BCUT2D eigenvalue weighted by Gasteiger charge is 2.23. The van der Waals surface area contributed by atoms with Crippen LogP contribution >= 0.6 is 11.6 Å². The Labute approximate surface area is 215 Å². The highest BCUT2D eigenvalue weighted by Crippen LogP contribution is 2.27. The third-order valence-corrected chi connectivity index (χ3v) is 6.68. The van der Waals surface area contributed by atoms with Crippen LogP contribution in [0.15, 0.2) is 48.5 Å². The highest BCUT2D eigenvalue weighted by atomic mass is 35.5. The number of aliphatic carboxylic acids is 1. The summed E-state index contributed by atoms with van der Waals surface area (Å²) in [6, 6.07) is 16.6. The van der Waals surface area contributed by atoms with Crippen LogP contribution in [-0.2, 0) is 17.6 Å². The number of halogens is 1. The number of aryl methyl sites for hydroxylation is 1. The van der Waals surface area contributed by atoms with Gasteiger partial charge in [0.05, 0.1) is 5.69 Å². The molecule has 0 unspecified atom stereocenters. The predicted molar refractivity (Wildman–Crippen MR) is 138 cm³/mol. The molecule has 36 heavy (non-hydrogen) atoms. The maximum atomic E-state index is 12.3. The molecule has 0 aliphatic carbocycles. The van der Waals surface area contributed by atoms with Crippen molar-refractivity contribution in [2.75, 3.05) is 24.5 Å². The molecule has 0 bridgehead atoms. The maximum absolute atomic E-state index is 12.3. The number of anilines is 1. The molecule has 1 amide bonds. The van der Waals surface area contributed by atoms with Crippen LogP contribution in [-0.4, -0.2) is 51.7 Å². The van der Waals surface area contributed by atoms with E-state index in [-0.39, 0.29) is 11.4 Å². The van der Waals surface area contributed by atoms with E-state index < -0.39 is 18.4 Å². The van der Waals surface area contributed by atoms with Crippen LogP contribution in [0.2, 0.25) is 5.02 Å². The van der Waals surface area contributed by atoms with E-state index in [4.69, 9.17) is 16.7 Å². The van der Waals surface area contributed by atoms with Gasteiger partial charge in [0.15, 0.2) is 11.4 Å². The Morgan fingerprint density at radius 2 is 1.64 bits per heavy atom. The van der Waals surface area contributed by atoms with Gasteiger partial charge in [-0.05, 0) is 67.5 Å². The van der Waals surface area contributed by atoms with Gasteiger partial charge in [-0.15, -0.1) is 0 Å². The number of rotatable bonds is 8. The van der Waals surface area contributed by atoms with Crippen LogP contribution in [0.4, 0.5) is 5.69 Å². The lowest BCUT2D eigenvalue weighted by Crippen LogP contribution is -2.34. The van der Waals surface area contributed by atoms with Crippen molar-refractivity contribution < 1.29 is 19.8 Å². The van der Waals surface area contributed by atoms with Gasteiger partial charge in [0.25, 0.3) is 5.91 Å². The number of amides is 1. The lowest BCUT2D eigenvalue weighted by molar-refractivity contribution is -0.135. The van der Waals surface area contributed by atoms with E-state index in [1.165, 1.54) is 16.8 Å². The molecule has 188 valence electrons. The maximum Gasteiger partial charge on any atom is 0.322 e. The minimum atomic E-state index is -1.17. The van der Waals surface area contributed by atoms with Crippen molar-refractivity contribution in [1.82, 2.24) is 15.3 Å². The second kappa shape index (κ2) is 11.4. The zero-order chi connectivity index (χ0) is 25.7.